The molecule has 2 atom stereocenters. The zero-order valence-electron chi connectivity index (χ0n) is 16.9. The molecule has 4 rings (SSSR count). The maximum Gasteiger partial charge on any atom is 0.237 e. The number of fused-ring (bicyclic) bond motifs is 1. The van der Waals surface area contributed by atoms with Gasteiger partial charge in [0, 0.05) is 42.9 Å². The number of hydrogen-bond acceptors (Lipinski definition) is 6. The van der Waals surface area contributed by atoms with Crippen molar-refractivity contribution in [3.05, 3.63) is 36.0 Å². The average Bonchev–Trinajstić information content (AvgIpc) is 3.38. The van der Waals surface area contributed by atoms with Crippen LogP contribution in [-0.4, -0.2) is 64.9 Å². The zero-order valence-corrected chi connectivity index (χ0v) is 16.9. The molecule has 8 heteroatoms. The van der Waals surface area contributed by atoms with Crippen LogP contribution in [0.25, 0.3) is 10.9 Å². The SMILES string of the molecule is N#C[C@@H]1CCCN1C(=O)CN1CC[C@H](Nc2ccc(CC(N)=O)c3ncccc23)C1. The van der Waals surface area contributed by atoms with Gasteiger partial charge in [-0.2, -0.15) is 5.26 Å². The molecule has 8 nitrogen and oxygen atoms in total. The van der Waals surface area contributed by atoms with E-state index in [0.717, 1.165) is 54.5 Å². The van der Waals surface area contributed by atoms with Crippen molar-refractivity contribution >= 4 is 28.4 Å². The van der Waals surface area contributed by atoms with Crippen LogP contribution in [0.1, 0.15) is 24.8 Å². The van der Waals surface area contributed by atoms with Gasteiger partial charge in [0.25, 0.3) is 0 Å². The number of likely N-dealkylation sites (tertiary alicyclic amines) is 2. The van der Waals surface area contributed by atoms with E-state index in [2.05, 4.69) is 21.3 Å². The Morgan fingerprint density at radius 1 is 1.27 bits per heavy atom. The van der Waals surface area contributed by atoms with Crippen molar-refractivity contribution in [1.82, 2.24) is 14.8 Å². The molecule has 2 aliphatic heterocycles. The number of nitrogens with zero attached hydrogens (tertiary/aromatic N) is 4. The highest BCUT2D eigenvalue weighted by atomic mass is 16.2. The number of carbonyl (C=O) groups excluding carboxylic acids is 2. The van der Waals surface area contributed by atoms with E-state index in [1.54, 1.807) is 11.1 Å². The summed E-state index contributed by atoms with van der Waals surface area (Å²) >= 11 is 0. The molecule has 0 spiro atoms. The smallest absolute Gasteiger partial charge is 0.237 e. The Balaban J connectivity index is 1.41. The highest BCUT2D eigenvalue weighted by Crippen LogP contribution is 2.27. The third kappa shape index (κ3) is 4.21. The Labute approximate surface area is 175 Å². The fourth-order valence-electron chi connectivity index (χ4n) is 4.48. The minimum Gasteiger partial charge on any atom is -0.380 e. The van der Waals surface area contributed by atoms with Crippen LogP contribution in [0.4, 0.5) is 5.69 Å². The number of nitriles is 1. The molecule has 0 radical (unpaired) electrons. The van der Waals surface area contributed by atoms with Crippen LogP contribution >= 0.6 is 0 Å². The summed E-state index contributed by atoms with van der Waals surface area (Å²) in [5.74, 6) is -0.333. The molecule has 3 N–H and O–H groups in total. The van der Waals surface area contributed by atoms with Crippen molar-refractivity contribution < 1.29 is 9.59 Å². The second-order valence-corrected chi connectivity index (χ2v) is 8.05. The van der Waals surface area contributed by atoms with Gasteiger partial charge in [0.05, 0.1) is 24.6 Å². The van der Waals surface area contributed by atoms with Gasteiger partial charge in [-0.05, 0) is 43.0 Å². The molecule has 0 saturated carbocycles. The van der Waals surface area contributed by atoms with Gasteiger partial charge in [0.2, 0.25) is 11.8 Å². The molecular formula is C22H26N6O2. The molecule has 2 aliphatic rings. The van der Waals surface area contributed by atoms with Gasteiger partial charge in [-0.3, -0.25) is 19.5 Å². The summed E-state index contributed by atoms with van der Waals surface area (Å²) in [6.45, 7) is 2.64. The highest BCUT2D eigenvalue weighted by molar-refractivity contribution is 5.95. The van der Waals surface area contributed by atoms with Crippen molar-refractivity contribution in [3.8, 4) is 6.07 Å². The van der Waals surface area contributed by atoms with Crippen LogP contribution in [0.3, 0.4) is 0 Å². The third-order valence-electron chi connectivity index (χ3n) is 5.93. The molecule has 30 heavy (non-hydrogen) atoms. The van der Waals surface area contributed by atoms with Crippen LogP contribution in [0.5, 0.6) is 0 Å². The number of rotatable bonds is 6. The first kappa shape index (κ1) is 20.1. The lowest BCUT2D eigenvalue weighted by atomic mass is 10.0. The van der Waals surface area contributed by atoms with Crippen LogP contribution in [-0.2, 0) is 16.0 Å². The Morgan fingerprint density at radius 2 is 2.13 bits per heavy atom. The maximum absolute atomic E-state index is 12.6. The van der Waals surface area contributed by atoms with Gasteiger partial charge >= 0.3 is 0 Å². The summed E-state index contributed by atoms with van der Waals surface area (Å²) < 4.78 is 0. The standard InChI is InChI=1S/C22H26N6O2/c23-12-17-3-2-9-28(17)21(30)14-27-10-7-16(13-27)26-19-6-5-15(11-20(24)29)22-18(19)4-1-8-25-22/h1,4-6,8,16-17,26H,2-3,7,9-11,13-14H2,(H2,24,29)/t16-,17-/m0/s1. The summed E-state index contributed by atoms with van der Waals surface area (Å²) in [6.07, 6.45) is 4.49. The van der Waals surface area contributed by atoms with E-state index in [9.17, 15) is 14.9 Å². The van der Waals surface area contributed by atoms with Crippen molar-refractivity contribution in [3.63, 3.8) is 0 Å². The largest absolute Gasteiger partial charge is 0.380 e. The number of anilines is 1. The molecule has 1 aromatic carbocycles. The van der Waals surface area contributed by atoms with E-state index in [1.807, 2.05) is 24.3 Å². The van der Waals surface area contributed by atoms with Crippen molar-refractivity contribution in [2.45, 2.75) is 37.8 Å². The predicted molar refractivity (Wildman–Crippen MR) is 113 cm³/mol. The molecule has 2 aromatic rings. The fraction of sp³-hybridized carbons (Fsp3) is 0.455. The number of pyridine rings is 1. The number of primary amides is 1. The second-order valence-electron chi connectivity index (χ2n) is 8.05. The van der Waals surface area contributed by atoms with E-state index in [0.29, 0.717) is 13.1 Å². The van der Waals surface area contributed by atoms with Crippen LogP contribution in [0.2, 0.25) is 0 Å². The monoisotopic (exact) mass is 406 g/mol. The van der Waals surface area contributed by atoms with Crippen molar-refractivity contribution in [1.29, 1.82) is 5.26 Å². The Morgan fingerprint density at radius 3 is 2.93 bits per heavy atom. The van der Waals surface area contributed by atoms with Gasteiger partial charge in [-0.15, -0.1) is 0 Å². The first-order chi connectivity index (χ1) is 14.5. The molecule has 3 heterocycles. The lowest BCUT2D eigenvalue weighted by Gasteiger charge is -2.23. The highest BCUT2D eigenvalue weighted by Gasteiger charge is 2.31. The molecule has 2 saturated heterocycles. The minimum absolute atomic E-state index is 0.0464. The molecule has 0 unspecified atom stereocenters. The molecule has 0 aliphatic carbocycles. The van der Waals surface area contributed by atoms with Gasteiger partial charge < -0.3 is 16.0 Å². The van der Waals surface area contributed by atoms with E-state index in [4.69, 9.17) is 5.73 Å². The number of benzene rings is 1. The predicted octanol–water partition coefficient (Wildman–Crippen LogP) is 1.26. The second kappa shape index (κ2) is 8.67. The van der Waals surface area contributed by atoms with E-state index in [1.165, 1.54) is 0 Å². The number of aromatic nitrogens is 1. The summed E-state index contributed by atoms with van der Waals surface area (Å²) in [5, 5.41) is 13.7. The summed E-state index contributed by atoms with van der Waals surface area (Å²) in [6, 6.07) is 9.91. The van der Waals surface area contributed by atoms with Gasteiger partial charge in [-0.25, -0.2) is 0 Å². The van der Waals surface area contributed by atoms with Crippen LogP contribution in [0, 0.1) is 11.3 Å². The average molecular weight is 406 g/mol. The van der Waals surface area contributed by atoms with E-state index >= 15 is 0 Å². The normalized spacial score (nSPS) is 21.6. The molecular weight excluding hydrogens is 380 g/mol. The van der Waals surface area contributed by atoms with Gasteiger partial charge in [0.1, 0.15) is 6.04 Å². The fourth-order valence-corrected chi connectivity index (χ4v) is 4.48. The number of nitrogens with one attached hydrogen (secondary N) is 1. The van der Waals surface area contributed by atoms with Gasteiger partial charge in [-0.1, -0.05) is 6.07 Å². The minimum atomic E-state index is -0.379. The first-order valence-corrected chi connectivity index (χ1v) is 10.4. The Hall–Kier alpha value is -3.18. The lowest BCUT2D eigenvalue weighted by molar-refractivity contribution is -0.132. The lowest BCUT2D eigenvalue weighted by Crippen LogP contribution is -2.42. The number of carbonyl (C=O) groups is 2. The van der Waals surface area contributed by atoms with Crippen molar-refractivity contribution in [2.24, 2.45) is 5.73 Å². The number of amides is 2. The first-order valence-electron chi connectivity index (χ1n) is 10.4. The molecule has 0 bridgehead atoms. The Bertz CT molecular complexity index is 1000. The topological polar surface area (TPSA) is 115 Å². The zero-order chi connectivity index (χ0) is 21.1. The number of hydrogen-bond donors (Lipinski definition) is 2. The molecule has 2 fully saturated rings. The summed E-state index contributed by atoms with van der Waals surface area (Å²) in [5.41, 5.74) is 7.93. The summed E-state index contributed by atoms with van der Waals surface area (Å²) in [4.78, 5) is 32.3. The molecule has 2 amide bonds. The van der Waals surface area contributed by atoms with Crippen LogP contribution < -0.4 is 11.1 Å². The maximum atomic E-state index is 12.6. The molecule has 156 valence electrons. The number of nitrogens with two attached hydrogens (primary N) is 1. The third-order valence-corrected chi connectivity index (χ3v) is 5.93. The Kier molecular flexibility index (Phi) is 5.81. The van der Waals surface area contributed by atoms with Gasteiger partial charge in [0.15, 0.2) is 0 Å². The molecule has 1 aromatic heterocycles. The van der Waals surface area contributed by atoms with Crippen LogP contribution in [0.15, 0.2) is 30.5 Å². The quantitative estimate of drug-likeness (QED) is 0.746. The van der Waals surface area contributed by atoms with E-state index in [-0.39, 0.29) is 30.3 Å². The van der Waals surface area contributed by atoms with E-state index < -0.39 is 0 Å². The summed E-state index contributed by atoms with van der Waals surface area (Å²) in [7, 11) is 0. The van der Waals surface area contributed by atoms with Crippen molar-refractivity contribution in [2.75, 3.05) is 31.5 Å².